The average Bonchev–Trinajstić information content (AvgIpc) is 2.17. The van der Waals surface area contributed by atoms with E-state index in [9.17, 15) is 13.5 Å². The maximum Gasteiger partial charge on any atom is 0.184 e. The lowest BCUT2D eigenvalue weighted by Crippen LogP contribution is -2.16. The Balaban J connectivity index is 3.24. The van der Waals surface area contributed by atoms with E-state index in [-0.39, 0.29) is 10.6 Å². The van der Waals surface area contributed by atoms with E-state index >= 15 is 0 Å². The maximum atomic E-state index is 11.8. The Morgan fingerprint density at radius 3 is 2.43 bits per heavy atom. The molecule has 0 fully saturated rings. The van der Waals surface area contributed by atoms with Gasteiger partial charge in [0.2, 0.25) is 0 Å². The largest absolute Gasteiger partial charge is 0.507 e. The Morgan fingerprint density at radius 1 is 1.36 bits per heavy atom. The summed E-state index contributed by atoms with van der Waals surface area (Å²) in [5.74, 6) is -0.173. The van der Waals surface area contributed by atoms with E-state index in [0.29, 0.717) is 6.42 Å². The molecule has 78 valence electrons. The minimum atomic E-state index is -3.37. The van der Waals surface area contributed by atoms with E-state index in [1.807, 2.05) is 6.92 Å². The van der Waals surface area contributed by atoms with Crippen LogP contribution in [0.15, 0.2) is 29.2 Å². The molecule has 3 nitrogen and oxygen atoms in total. The molecule has 0 saturated heterocycles. The zero-order chi connectivity index (χ0) is 10.8. The molecule has 4 heteroatoms. The van der Waals surface area contributed by atoms with Crippen molar-refractivity contribution < 1.29 is 13.5 Å². The lowest BCUT2D eigenvalue weighted by Gasteiger charge is -2.11. The smallest absolute Gasteiger partial charge is 0.184 e. The normalized spacial score (nSPS) is 13.9. The van der Waals surface area contributed by atoms with Crippen molar-refractivity contribution in [2.75, 3.05) is 0 Å². The van der Waals surface area contributed by atoms with Crippen LogP contribution < -0.4 is 0 Å². The molecule has 0 spiro atoms. The molecule has 1 aromatic rings. The lowest BCUT2D eigenvalue weighted by atomic mass is 10.3. The summed E-state index contributed by atoms with van der Waals surface area (Å²) >= 11 is 0. The zero-order valence-electron chi connectivity index (χ0n) is 8.27. The summed E-state index contributed by atoms with van der Waals surface area (Å²) in [6, 6.07) is 6.02. The first-order chi connectivity index (χ1) is 6.50. The fourth-order valence-corrected chi connectivity index (χ4v) is 2.63. The summed E-state index contributed by atoms with van der Waals surface area (Å²) in [6.45, 7) is 3.45. The number of hydrogen-bond donors (Lipinski definition) is 1. The minimum absolute atomic E-state index is 0.0225. The molecule has 0 aliphatic carbocycles. The number of rotatable bonds is 3. The topological polar surface area (TPSA) is 54.4 Å². The number of para-hydroxylation sites is 1. The number of hydrogen-bond acceptors (Lipinski definition) is 3. The highest BCUT2D eigenvalue weighted by molar-refractivity contribution is 7.92. The van der Waals surface area contributed by atoms with Crippen molar-refractivity contribution in [3.05, 3.63) is 24.3 Å². The van der Waals surface area contributed by atoms with Gasteiger partial charge in [0.25, 0.3) is 0 Å². The van der Waals surface area contributed by atoms with Crippen molar-refractivity contribution in [3.63, 3.8) is 0 Å². The highest BCUT2D eigenvalue weighted by atomic mass is 32.2. The van der Waals surface area contributed by atoms with Crippen LogP contribution in [0.1, 0.15) is 20.3 Å². The molecule has 1 unspecified atom stereocenters. The predicted molar refractivity (Wildman–Crippen MR) is 55.0 cm³/mol. The summed E-state index contributed by atoms with van der Waals surface area (Å²) in [5.41, 5.74) is 0. The molecule has 0 amide bonds. The third-order valence-electron chi connectivity index (χ3n) is 2.28. The van der Waals surface area contributed by atoms with E-state index in [1.54, 1.807) is 19.1 Å². The van der Waals surface area contributed by atoms with E-state index in [2.05, 4.69) is 0 Å². The van der Waals surface area contributed by atoms with Crippen LogP contribution in [0.4, 0.5) is 0 Å². The van der Waals surface area contributed by atoms with Gasteiger partial charge in [0, 0.05) is 0 Å². The Morgan fingerprint density at radius 2 is 1.93 bits per heavy atom. The van der Waals surface area contributed by atoms with Gasteiger partial charge >= 0.3 is 0 Å². The van der Waals surface area contributed by atoms with Crippen molar-refractivity contribution in [1.82, 2.24) is 0 Å². The lowest BCUT2D eigenvalue weighted by molar-refractivity contribution is 0.458. The van der Waals surface area contributed by atoms with Gasteiger partial charge in [-0.1, -0.05) is 19.1 Å². The minimum Gasteiger partial charge on any atom is -0.507 e. The van der Waals surface area contributed by atoms with Crippen LogP contribution >= 0.6 is 0 Å². The highest BCUT2D eigenvalue weighted by Gasteiger charge is 2.24. The quantitative estimate of drug-likeness (QED) is 0.836. The van der Waals surface area contributed by atoms with Crippen LogP contribution in [0.2, 0.25) is 0 Å². The molecule has 1 N–H and O–H groups in total. The third kappa shape index (κ3) is 1.90. The molecule has 0 heterocycles. The molecular formula is C10H14O3S. The van der Waals surface area contributed by atoms with E-state index in [0.717, 1.165) is 0 Å². The second-order valence-electron chi connectivity index (χ2n) is 3.23. The van der Waals surface area contributed by atoms with Gasteiger partial charge in [-0.15, -0.1) is 0 Å². The number of phenols is 1. The van der Waals surface area contributed by atoms with E-state index < -0.39 is 15.1 Å². The van der Waals surface area contributed by atoms with Crippen molar-refractivity contribution in [3.8, 4) is 5.75 Å². The number of aromatic hydroxyl groups is 1. The van der Waals surface area contributed by atoms with Crippen LogP contribution in [0.3, 0.4) is 0 Å². The van der Waals surface area contributed by atoms with Crippen molar-refractivity contribution in [2.24, 2.45) is 0 Å². The second kappa shape index (κ2) is 4.00. The van der Waals surface area contributed by atoms with Crippen LogP contribution in [-0.4, -0.2) is 18.8 Å². The molecule has 1 aromatic carbocycles. The van der Waals surface area contributed by atoms with Crippen molar-refractivity contribution >= 4 is 9.84 Å². The van der Waals surface area contributed by atoms with Crippen LogP contribution in [0, 0.1) is 0 Å². The number of phenolic OH excluding ortho intramolecular Hbond substituents is 1. The van der Waals surface area contributed by atoms with Gasteiger partial charge in [0.15, 0.2) is 9.84 Å². The summed E-state index contributed by atoms with van der Waals surface area (Å²) < 4.78 is 23.6. The first-order valence-corrected chi connectivity index (χ1v) is 6.06. The molecule has 14 heavy (non-hydrogen) atoms. The van der Waals surface area contributed by atoms with Crippen LogP contribution in [0.25, 0.3) is 0 Å². The molecular weight excluding hydrogens is 200 g/mol. The average molecular weight is 214 g/mol. The Hall–Kier alpha value is -1.03. The van der Waals surface area contributed by atoms with Crippen molar-refractivity contribution in [1.29, 1.82) is 0 Å². The molecule has 0 aliphatic rings. The molecule has 0 aliphatic heterocycles. The Labute approximate surface area is 84.3 Å². The summed E-state index contributed by atoms with van der Waals surface area (Å²) in [4.78, 5) is 0.0225. The molecule has 0 radical (unpaired) electrons. The molecule has 0 saturated carbocycles. The van der Waals surface area contributed by atoms with Gasteiger partial charge < -0.3 is 5.11 Å². The van der Waals surface area contributed by atoms with Gasteiger partial charge in [-0.05, 0) is 25.5 Å². The molecule has 1 rings (SSSR count). The monoisotopic (exact) mass is 214 g/mol. The van der Waals surface area contributed by atoms with E-state index in [1.165, 1.54) is 12.1 Å². The van der Waals surface area contributed by atoms with Gasteiger partial charge in [0.1, 0.15) is 10.6 Å². The first-order valence-electron chi connectivity index (χ1n) is 4.52. The summed E-state index contributed by atoms with van der Waals surface area (Å²) in [7, 11) is -3.37. The van der Waals surface area contributed by atoms with Gasteiger partial charge in [-0.2, -0.15) is 0 Å². The molecule has 0 aromatic heterocycles. The number of sulfone groups is 1. The van der Waals surface area contributed by atoms with Gasteiger partial charge in [-0.25, -0.2) is 8.42 Å². The third-order valence-corrected chi connectivity index (χ3v) is 4.63. The van der Waals surface area contributed by atoms with E-state index in [4.69, 9.17) is 0 Å². The molecule has 1 atom stereocenters. The maximum absolute atomic E-state index is 11.8. The zero-order valence-corrected chi connectivity index (χ0v) is 9.08. The van der Waals surface area contributed by atoms with Gasteiger partial charge in [-0.3, -0.25) is 0 Å². The SMILES string of the molecule is CCC(C)S(=O)(=O)c1ccccc1O. The fraction of sp³-hybridized carbons (Fsp3) is 0.400. The second-order valence-corrected chi connectivity index (χ2v) is 5.57. The summed E-state index contributed by atoms with van der Waals surface area (Å²) in [6.07, 6.45) is 0.538. The highest BCUT2D eigenvalue weighted by Crippen LogP contribution is 2.26. The van der Waals surface area contributed by atoms with Crippen LogP contribution in [-0.2, 0) is 9.84 Å². The molecule has 0 bridgehead atoms. The van der Waals surface area contributed by atoms with Crippen molar-refractivity contribution in [2.45, 2.75) is 30.4 Å². The number of benzene rings is 1. The fourth-order valence-electron chi connectivity index (χ4n) is 1.13. The Bertz CT molecular complexity index is 409. The van der Waals surface area contributed by atoms with Crippen LogP contribution in [0.5, 0.6) is 5.75 Å². The standard InChI is InChI=1S/C10H14O3S/c1-3-8(2)14(12,13)10-7-5-4-6-9(10)11/h4-8,11H,3H2,1-2H3. The summed E-state index contributed by atoms with van der Waals surface area (Å²) in [5, 5.41) is 8.95. The predicted octanol–water partition coefficient (Wildman–Crippen LogP) is 1.96. The first kappa shape index (κ1) is 11.0. The Kier molecular flexibility index (Phi) is 3.16. The van der Waals surface area contributed by atoms with Gasteiger partial charge in [0.05, 0.1) is 5.25 Å².